The van der Waals surface area contributed by atoms with Crippen molar-refractivity contribution in [3.05, 3.63) is 90.0 Å². The second-order valence-corrected chi connectivity index (χ2v) is 7.89. The van der Waals surface area contributed by atoms with Gasteiger partial charge in [-0.25, -0.2) is 4.98 Å². The summed E-state index contributed by atoms with van der Waals surface area (Å²) in [5.74, 6) is 0.835. The Balaban J connectivity index is 1.70. The first-order valence-corrected chi connectivity index (χ1v) is 10.2. The fraction of sp³-hybridized carbons (Fsp3) is 0. The third kappa shape index (κ3) is 1.98. The summed E-state index contributed by atoms with van der Waals surface area (Å²) in [5, 5.41) is 2.89. The molecule has 0 amide bonds. The van der Waals surface area contributed by atoms with Crippen molar-refractivity contribution in [2.24, 2.45) is 0 Å². The van der Waals surface area contributed by atoms with Gasteiger partial charge in [0.1, 0.15) is 5.58 Å². The molecular formula is C25H14ClN3O. The lowest BCUT2D eigenvalue weighted by molar-refractivity contribution is 0.666. The number of hydrogen-bond donors (Lipinski definition) is 0. The standard InChI is InChI=1S/C25H14ClN3O/c26-15-12-13-19-18(14-15)27-25-28(19)20-8-2-3-9-21(20)29(25)22-10-5-7-17-16-6-1-4-11-23(16)30-24(17)22/h1-14H. The van der Waals surface area contributed by atoms with E-state index < -0.39 is 0 Å². The third-order valence-corrected chi connectivity index (χ3v) is 6.02. The van der Waals surface area contributed by atoms with Crippen LogP contribution in [0.2, 0.25) is 5.02 Å². The van der Waals surface area contributed by atoms with Gasteiger partial charge in [-0.2, -0.15) is 0 Å². The summed E-state index contributed by atoms with van der Waals surface area (Å²) in [6, 6.07) is 28.6. The van der Waals surface area contributed by atoms with E-state index in [9.17, 15) is 0 Å². The summed E-state index contributed by atoms with van der Waals surface area (Å²) in [4.78, 5) is 4.95. The van der Waals surface area contributed by atoms with Crippen molar-refractivity contribution >= 4 is 61.4 Å². The van der Waals surface area contributed by atoms with Crippen LogP contribution in [0.5, 0.6) is 0 Å². The van der Waals surface area contributed by atoms with E-state index in [4.69, 9.17) is 21.0 Å². The molecule has 0 N–H and O–H groups in total. The maximum Gasteiger partial charge on any atom is 0.220 e. The van der Waals surface area contributed by atoms with Crippen molar-refractivity contribution in [1.29, 1.82) is 0 Å². The monoisotopic (exact) mass is 407 g/mol. The molecule has 30 heavy (non-hydrogen) atoms. The Hall–Kier alpha value is -3.76. The first kappa shape index (κ1) is 16.1. The summed E-state index contributed by atoms with van der Waals surface area (Å²) < 4.78 is 10.7. The van der Waals surface area contributed by atoms with E-state index in [1.165, 1.54) is 0 Å². The summed E-state index contributed by atoms with van der Waals surface area (Å²) in [7, 11) is 0. The molecular weight excluding hydrogens is 394 g/mol. The van der Waals surface area contributed by atoms with Gasteiger partial charge >= 0.3 is 0 Å². The van der Waals surface area contributed by atoms with Crippen LogP contribution >= 0.6 is 11.6 Å². The zero-order valence-electron chi connectivity index (χ0n) is 15.7. The highest BCUT2D eigenvalue weighted by Crippen LogP contribution is 2.36. The lowest BCUT2D eigenvalue weighted by atomic mass is 10.1. The van der Waals surface area contributed by atoms with Crippen LogP contribution in [0.4, 0.5) is 0 Å². The van der Waals surface area contributed by atoms with Crippen LogP contribution in [0.1, 0.15) is 0 Å². The lowest BCUT2D eigenvalue weighted by Gasteiger charge is -2.06. The Morgan fingerprint density at radius 3 is 2.47 bits per heavy atom. The fourth-order valence-electron chi connectivity index (χ4n) is 4.52. The second-order valence-electron chi connectivity index (χ2n) is 7.46. The van der Waals surface area contributed by atoms with Gasteiger partial charge in [-0.3, -0.25) is 8.97 Å². The molecule has 0 spiro atoms. The summed E-state index contributed by atoms with van der Waals surface area (Å²) >= 11 is 6.24. The molecule has 142 valence electrons. The zero-order valence-corrected chi connectivity index (χ0v) is 16.5. The normalized spacial score (nSPS) is 12.2. The number of imidazole rings is 2. The predicted octanol–water partition coefficient (Wildman–Crippen LogP) is 6.98. The smallest absolute Gasteiger partial charge is 0.220 e. The molecule has 0 saturated heterocycles. The maximum atomic E-state index is 6.32. The van der Waals surface area contributed by atoms with Crippen molar-refractivity contribution in [2.45, 2.75) is 0 Å². The predicted molar refractivity (Wildman–Crippen MR) is 122 cm³/mol. The Bertz CT molecular complexity index is 1770. The highest BCUT2D eigenvalue weighted by Gasteiger charge is 2.20. The Morgan fingerprint density at radius 2 is 1.53 bits per heavy atom. The number of halogens is 1. The number of hydrogen-bond acceptors (Lipinski definition) is 2. The Morgan fingerprint density at radius 1 is 0.733 bits per heavy atom. The number of furan rings is 1. The Labute approximate surface area is 175 Å². The minimum absolute atomic E-state index is 0.679. The van der Waals surface area contributed by atoms with Gasteiger partial charge in [0.2, 0.25) is 5.78 Å². The molecule has 0 aliphatic heterocycles. The first-order valence-electron chi connectivity index (χ1n) is 9.77. The molecule has 4 nitrogen and oxygen atoms in total. The van der Waals surface area contributed by atoms with Crippen molar-refractivity contribution in [2.75, 3.05) is 0 Å². The van der Waals surface area contributed by atoms with Crippen LogP contribution < -0.4 is 0 Å². The van der Waals surface area contributed by atoms with Crippen LogP contribution in [0.3, 0.4) is 0 Å². The van der Waals surface area contributed by atoms with E-state index in [1.807, 2.05) is 36.4 Å². The number of para-hydroxylation sites is 4. The van der Waals surface area contributed by atoms with E-state index in [0.29, 0.717) is 5.02 Å². The average Bonchev–Trinajstić information content (AvgIpc) is 3.41. The van der Waals surface area contributed by atoms with Crippen molar-refractivity contribution in [1.82, 2.24) is 14.0 Å². The van der Waals surface area contributed by atoms with Crippen LogP contribution in [0, 0.1) is 0 Å². The van der Waals surface area contributed by atoms with Gasteiger partial charge in [0.05, 0.1) is 27.8 Å². The quantitative estimate of drug-likeness (QED) is 0.294. The van der Waals surface area contributed by atoms with E-state index in [1.54, 1.807) is 0 Å². The zero-order chi connectivity index (χ0) is 19.8. The first-order chi connectivity index (χ1) is 14.8. The second kappa shape index (κ2) is 5.65. The molecule has 0 fully saturated rings. The minimum atomic E-state index is 0.679. The third-order valence-electron chi connectivity index (χ3n) is 5.79. The lowest BCUT2D eigenvalue weighted by Crippen LogP contribution is -1.95. The van der Waals surface area contributed by atoms with Crippen LogP contribution in [-0.4, -0.2) is 14.0 Å². The molecule has 7 aromatic rings. The molecule has 0 atom stereocenters. The van der Waals surface area contributed by atoms with Gasteiger partial charge in [-0.15, -0.1) is 0 Å². The number of nitrogens with zero attached hydrogens (tertiary/aromatic N) is 3. The van der Waals surface area contributed by atoms with Gasteiger partial charge in [0.25, 0.3) is 0 Å². The summed E-state index contributed by atoms with van der Waals surface area (Å²) in [5.41, 5.74) is 6.77. The number of benzene rings is 4. The molecule has 3 aromatic heterocycles. The average molecular weight is 408 g/mol. The molecule has 7 rings (SSSR count). The molecule has 3 heterocycles. The molecule has 5 heteroatoms. The van der Waals surface area contributed by atoms with Crippen molar-refractivity contribution in [3.63, 3.8) is 0 Å². The largest absolute Gasteiger partial charge is 0.454 e. The SMILES string of the molecule is Clc1ccc2c(c1)nc1n(-c3cccc4c3oc3ccccc34)c3ccccc3n21. The number of fused-ring (bicyclic) bond motifs is 8. The van der Waals surface area contributed by atoms with Gasteiger partial charge in [-0.1, -0.05) is 54.1 Å². The highest BCUT2D eigenvalue weighted by atomic mass is 35.5. The molecule has 0 aliphatic carbocycles. The molecule has 4 aromatic carbocycles. The van der Waals surface area contributed by atoms with E-state index in [2.05, 4.69) is 57.5 Å². The van der Waals surface area contributed by atoms with Crippen molar-refractivity contribution in [3.8, 4) is 5.69 Å². The van der Waals surface area contributed by atoms with Gasteiger partial charge in [-0.05, 0) is 42.5 Å². The molecule has 0 unspecified atom stereocenters. The minimum Gasteiger partial charge on any atom is -0.454 e. The van der Waals surface area contributed by atoms with E-state index in [0.717, 1.165) is 55.5 Å². The Kier molecular flexibility index (Phi) is 3.03. The van der Waals surface area contributed by atoms with E-state index in [-0.39, 0.29) is 0 Å². The van der Waals surface area contributed by atoms with Crippen molar-refractivity contribution < 1.29 is 4.42 Å². The summed E-state index contributed by atoms with van der Waals surface area (Å²) in [6.45, 7) is 0. The highest BCUT2D eigenvalue weighted by molar-refractivity contribution is 6.31. The van der Waals surface area contributed by atoms with Gasteiger partial charge in [0.15, 0.2) is 5.58 Å². The summed E-state index contributed by atoms with van der Waals surface area (Å²) in [6.07, 6.45) is 0. The van der Waals surface area contributed by atoms with Crippen LogP contribution in [0.15, 0.2) is 89.3 Å². The fourth-order valence-corrected chi connectivity index (χ4v) is 4.69. The van der Waals surface area contributed by atoms with Crippen LogP contribution in [-0.2, 0) is 0 Å². The number of aromatic nitrogens is 3. The molecule has 0 radical (unpaired) electrons. The van der Waals surface area contributed by atoms with Gasteiger partial charge in [0, 0.05) is 15.8 Å². The molecule has 0 saturated carbocycles. The topological polar surface area (TPSA) is 35.4 Å². The van der Waals surface area contributed by atoms with Gasteiger partial charge < -0.3 is 4.42 Å². The maximum absolute atomic E-state index is 6.32. The van der Waals surface area contributed by atoms with E-state index >= 15 is 0 Å². The molecule has 0 aliphatic rings. The number of rotatable bonds is 1. The van der Waals surface area contributed by atoms with Crippen LogP contribution in [0.25, 0.3) is 55.5 Å². The molecule has 0 bridgehead atoms.